The summed E-state index contributed by atoms with van der Waals surface area (Å²) < 4.78 is 0. The van der Waals surface area contributed by atoms with Crippen LogP contribution in [0.15, 0.2) is 0 Å². The van der Waals surface area contributed by atoms with Gasteiger partial charge in [0.2, 0.25) is 11.0 Å². The first kappa shape index (κ1) is 11.3. The highest BCUT2D eigenvalue weighted by atomic mass is 32.1. The summed E-state index contributed by atoms with van der Waals surface area (Å²) >= 11 is 1.46. The fourth-order valence-corrected chi connectivity index (χ4v) is 2.13. The van der Waals surface area contributed by atoms with E-state index in [0.717, 1.165) is 31.2 Å². The molecule has 7 heteroatoms. The third kappa shape index (κ3) is 2.89. The Bertz CT molecular complexity index is 361. The largest absolute Gasteiger partial charge is 0.351 e. The average molecular weight is 241 g/mol. The summed E-state index contributed by atoms with van der Waals surface area (Å²) in [5.74, 6) is 0.120. The van der Waals surface area contributed by atoms with Crippen molar-refractivity contribution >= 4 is 22.4 Å². The first-order chi connectivity index (χ1) is 7.75. The van der Waals surface area contributed by atoms with Gasteiger partial charge in [-0.15, -0.1) is 10.2 Å². The molecule has 6 nitrogen and oxygen atoms in total. The first-order valence-electron chi connectivity index (χ1n) is 5.28. The molecule has 0 unspecified atom stereocenters. The topological polar surface area (TPSA) is 70.2 Å². The lowest BCUT2D eigenvalue weighted by Crippen LogP contribution is -2.48. The number of piperazine rings is 1. The molecule has 88 valence electrons. The summed E-state index contributed by atoms with van der Waals surface area (Å²) in [6.45, 7) is 5.52. The van der Waals surface area contributed by atoms with Crippen molar-refractivity contribution in [1.29, 1.82) is 0 Å². The van der Waals surface area contributed by atoms with Crippen LogP contribution in [0.5, 0.6) is 0 Å². The minimum absolute atomic E-state index is 0.120. The van der Waals surface area contributed by atoms with Gasteiger partial charge in [-0.3, -0.25) is 4.79 Å². The smallest absolute Gasteiger partial charge is 0.242 e. The van der Waals surface area contributed by atoms with Crippen LogP contribution in [0.4, 0.5) is 5.13 Å². The van der Waals surface area contributed by atoms with E-state index < -0.39 is 0 Å². The van der Waals surface area contributed by atoms with Crippen molar-refractivity contribution in [3.05, 3.63) is 5.01 Å². The second-order valence-corrected chi connectivity index (χ2v) is 4.79. The number of hydrogen-bond donors (Lipinski definition) is 2. The number of nitrogens with zero attached hydrogens (tertiary/aromatic N) is 3. The Morgan fingerprint density at radius 1 is 1.50 bits per heavy atom. The van der Waals surface area contributed by atoms with Crippen LogP contribution in [0.25, 0.3) is 0 Å². The average Bonchev–Trinajstić information content (AvgIpc) is 2.73. The van der Waals surface area contributed by atoms with Gasteiger partial charge >= 0.3 is 0 Å². The third-order valence-corrected chi connectivity index (χ3v) is 3.18. The molecule has 2 N–H and O–H groups in total. The molecule has 0 saturated carbocycles. The van der Waals surface area contributed by atoms with Gasteiger partial charge in [0.1, 0.15) is 5.01 Å². The summed E-state index contributed by atoms with van der Waals surface area (Å²) in [6.07, 6.45) is 0. The number of amides is 1. The Morgan fingerprint density at radius 3 is 2.88 bits per heavy atom. The zero-order valence-electron chi connectivity index (χ0n) is 9.19. The van der Waals surface area contributed by atoms with Crippen molar-refractivity contribution in [2.75, 3.05) is 38.0 Å². The molecule has 2 heterocycles. The summed E-state index contributed by atoms with van der Waals surface area (Å²) in [5, 5.41) is 15.6. The molecule has 1 aliphatic heterocycles. The maximum Gasteiger partial charge on any atom is 0.242 e. The summed E-state index contributed by atoms with van der Waals surface area (Å²) in [7, 11) is 0. The fourth-order valence-electron chi connectivity index (χ4n) is 1.55. The summed E-state index contributed by atoms with van der Waals surface area (Å²) in [4.78, 5) is 13.6. The van der Waals surface area contributed by atoms with Crippen molar-refractivity contribution in [2.24, 2.45) is 0 Å². The van der Waals surface area contributed by atoms with Gasteiger partial charge in [-0.1, -0.05) is 11.3 Å². The zero-order chi connectivity index (χ0) is 11.4. The van der Waals surface area contributed by atoms with E-state index in [4.69, 9.17) is 0 Å². The quantitative estimate of drug-likeness (QED) is 0.759. The fraction of sp³-hybridized carbons (Fsp3) is 0.667. The molecule has 0 aliphatic carbocycles. The molecule has 0 atom stereocenters. The monoisotopic (exact) mass is 241 g/mol. The van der Waals surface area contributed by atoms with Crippen LogP contribution in [0.3, 0.4) is 0 Å². The predicted octanol–water partition coefficient (Wildman–Crippen LogP) is -0.310. The molecular formula is C9H15N5OS. The van der Waals surface area contributed by atoms with Gasteiger partial charge in [-0.25, -0.2) is 0 Å². The van der Waals surface area contributed by atoms with Crippen molar-refractivity contribution in [1.82, 2.24) is 20.4 Å². The van der Waals surface area contributed by atoms with E-state index in [0.29, 0.717) is 11.7 Å². The third-order valence-electron chi connectivity index (χ3n) is 2.39. The Morgan fingerprint density at radius 2 is 2.25 bits per heavy atom. The minimum atomic E-state index is 0.120. The maximum atomic E-state index is 11.8. The Kier molecular flexibility index (Phi) is 3.68. The molecule has 0 bridgehead atoms. The van der Waals surface area contributed by atoms with Gasteiger partial charge in [0, 0.05) is 26.2 Å². The predicted molar refractivity (Wildman–Crippen MR) is 62.6 cm³/mol. The number of nitrogens with one attached hydrogen (secondary N) is 2. The van der Waals surface area contributed by atoms with Crippen LogP contribution in [-0.2, 0) is 4.79 Å². The highest BCUT2D eigenvalue weighted by Crippen LogP contribution is 2.13. The van der Waals surface area contributed by atoms with E-state index in [9.17, 15) is 4.79 Å². The van der Waals surface area contributed by atoms with Crippen molar-refractivity contribution in [3.8, 4) is 0 Å². The van der Waals surface area contributed by atoms with Gasteiger partial charge in [-0.2, -0.15) is 0 Å². The molecule has 1 aromatic heterocycles. The highest BCUT2D eigenvalue weighted by molar-refractivity contribution is 7.15. The van der Waals surface area contributed by atoms with Crippen LogP contribution in [0.2, 0.25) is 0 Å². The normalized spacial score (nSPS) is 16.2. The second-order valence-electron chi connectivity index (χ2n) is 3.61. The van der Waals surface area contributed by atoms with Gasteiger partial charge in [0.15, 0.2) is 0 Å². The SMILES string of the molecule is Cc1nnc(NCC(=O)N2CCNCC2)s1. The Balaban J connectivity index is 1.78. The number of carbonyl (C=O) groups is 1. The molecule has 1 fully saturated rings. The van der Waals surface area contributed by atoms with Crippen LogP contribution in [0, 0.1) is 6.92 Å². The second kappa shape index (κ2) is 5.22. The molecule has 0 spiro atoms. The Labute approximate surface area is 98.0 Å². The van der Waals surface area contributed by atoms with Crippen LogP contribution < -0.4 is 10.6 Å². The van der Waals surface area contributed by atoms with E-state index in [-0.39, 0.29) is 5.91 Å². The molecule has 16 heavy (non-hydrogen) atoms. The number of rotatable bonds is 3. The van der Waals surface area contributed by atoms with Crippen molar-refractivity contribution in [2.45, 2.75) is 6.92 Å². The standard InChI is InChI=1S/C9H15N5OS/c1-7-12-13-9(16-7)11-6-8(15)14-4-2-10-3-5-14/h10H,2-6H2,1H3,(H,11,13). The molecular weight excluding hydrogens is 226 g/mol. The van der Waals surface area contributed by atoms with Crippen LogP contribution >= 0.6 is 11.3 Å². The molecule has 1 amide bonds. The molecule has 1 saturated heterocycles. The number of hydrogen-bond acceptors (Lipinski definition) is 6. The van der Waals surface area contributed by atoms with Crippen LogP contribution in [-0.4, -0.2) is 53.7 Å². The van der Waals surface area contributed by atoms with Gasteiger partial charge in [-0.05, 0) is 6.92 Å². The molecule has 0 aromatic carbocycles. The summed E-state index contributed by atoms with van der Waals surface area (Å²) in [6, 6.07) is 0. The van der Waals surface area contributed by atoms with Crippen molar-refractivity contribution < 1.29 is 4.79 Å². The summed E-state index contributed by atoms with van der Waals surface area (Å²) in [5.41, 5.74) is 0. The van der Waals surface area contributed by atoms with Crippen LogP contribution in [0.1, 0.15) is 5.01 Å². The first-order valence-corrected chi connectivity index (χ1v) is 6.10. The van der Waals surface area contributed by atoms with Crippen molar-refractivity contribution in [3.63, 3.8) is 0 Å². The number of aromatic nitrogens is 2. The van der Waals surface area contributed by atoms with Gasteiger partial charge in [0.05, 0.1) is 6.54 Å². The molecule has 1 aliphatic rings. The molecule has 1 aromatic rings. The lowest BCUT2D eigenvalue weighted by molar-refractivity contribution is -0.129. The van der Waals surface area contributed by atoms with E-state index in [1.807, 2.05) is 11.8 Å². The maximum absolute atomic E-state index is 11.8. The molecule has 0 radical (unpaired) electrons. The van der Waals surface area contributed by atoms with E-state index in [1.165, 1.54) is 11.3 Å². The lowest BCUT2D eigenvalue weighted by atomic mass is 10.3. The Hall–Kier alpha value is -1.21. The number of anilines is 1. The number of aryl methyl sites for hydroxylation is 1. The van der Waals surface area contributed by atoms with Gasteiger partial charge in [0.25, 0.3) is 0 Å². The zero-order valence-corrected chi connectivity index (χ0v) is 10.0. The van der Waals surface area contributed by atoms with E-state index >= 15 is 0 Å². The lowest BCUT2D eigenvalue weighted by Gasteiger charge is -2.27. The van der Waals surface area contributed by atoms with E-state index in [1.54, 1.807) is 0 Å². The highest BCUT2D eigenvalue weighted by Gasteiger charge is 2.15. The molecule has 2 rings (SSSR count). The number of carbonyl (C=O) groups excluding carboxylic acids is 1. The van der Waals surface area contributed by atoms with Gasteiger partial charge < -0.3 is 15.5 Å². The minimum Gasteiger partial charge on any atom is -0.351 e. The van der Waals surface area contributed by atoms with E-state index in [2.05, 4.69) is 20.8 Å².